The molecule has 0 atom stereocenters. The molecule has 3 aromatic rings. The first-order valence-corrected chi connectivity index (χ1v) is 7.73. The molecule has 0 saturated carbocycles. The number of aryl methyl sites for hydroxylation is 1. The highest BCUT2D eigenvalue weighted by atomic mass is 16.5. The van der Waals surface area contributed by atoms with Gasteiger partial charge in [0.2, 0.25) is 0 Å². The van der Waals surface area contributed by atoms with Gasteiger partial charge in [-0.1, -0.05) is 29.8 Å². The van der Waals surface area contributed by atoms with Crippen LogP contribution in [-0.2, 0) is 11.2 Å². The minimum Gasteiger partial charge on any atom is -0.484 e. The summed E-state index contributed by atoms with van der Waals surface area (Å²) in [6.07, 6.45) is 2.73. The van der Waals surface area contributed by atoms with Gasteiger partial charge in [0.05, 0.1) is 0 Å². The van der Waals surface area contributed by atoms with Crippen LogP contribution in [0.3, 0.4) is 0 Å². The Morgan fingerprint density at radius 2 is 1.96 bits per heavy atom. The number of rotatable bonds is 6. The summed E-state index contributed by atoms with van der Waals surface area (Å²) in [5, 5.41) is 4.08. The maximum atomic E-state index is 11.8. The first kappa shape index (κ1) is 15.2. The molecule has 1 amide bonds. The van der Waals surface area contributed by atoms with Gasteiger partial charge in [-0.3, -0.25) is 4.79 Å². The maximum Gasteiger partial charge on any atom is 0.257 e. The quantitative estimate of drug-likeness (QED) is 0.734. The molecule has 0 saturated heterocycles. The topological polar surface area (TPSA) is 54.1 Å². The molecular weight excluding hydrogens is 288 g/mol. The van der Waals surface area contributed by atoms with Gasteiger partial charge >= 0.3 is 0 Å². The van der Waals surface area contributed by atoms with Crippen LogP contribution < -0.4 is 10.1 Å². The number of nitrogens with one attached hydrogen (secondary N) is 2. The highest BCUT2D eigenvalue weighted by Gasteiger charge is 2.03. The SMILES string of the molecule is Cc1ccc(OCC(=O)NCCc2ccc3cc[nH]c3c2)cc1. The Balaban J connectivity index is 1.42. The van der Waals surface area contributed by atoms with E-state index in [1.165, 1.54) is 16.5 Å². The summed E-state index contributed by atoms with van der Waals surface area (Å²) in [7, 11) is 0. The van der Waals surface area contributed by atoms with E-state index in [9.17, 15) is 4.79 Å². The molecule has 1 heterocycles. The Morgan fingerprint density at radius 1 is 1.13 bits per heavy atom. The summed E-state index contributed by atoms with van der Waals surface area (Å²) in [4.78, 5) is 15.0. The number of H-pyrrole nitrogens is 1. The number of fused-ring (bicyclic) bond motifs is 1. The van der Waals surface area contributed by atoms with Crippen LogP contribution in [0.5, 0.6) is 5.75 Å². The number of hydrogen-bond donors (Lipinski definition) is 2. The van der Waals surface area contributed by atoms with Crippen molar-refractivity contribution >= 4 is 16.8 Å². The minimum absolute atomic E-state index is 0.0404. The van der Waals surface area contributed by atoms with Crippen molar-refractivity contribution in [3.63, 3.8) is 0 Å². The van der Waals surface area contributed by atoms with Crippen LogP contribution in [0.4, 0.5) is 0 Å². The van der Waals surface area contributed by atoms with E-state index in [0.717, 1.165) is 11.9 Å². The summed E-state index contributed by atoms with van der Waals surface area (Å²) in [6.45, 7) is 2.65. The van der Waals surface area contributed by atoms with Crippen molar-refractivity contribution in [2.75, 3.05) is 13.2 Å². The van der Waals surface area contributed by atoms with E-state index in [1.807, 2.05) is 43.5 Å². The molecule has 0 fully saturated rings. The van der Waals surface area contributed by atoms with Gasteiger partial charge in [0.15, 0.2) is 6.61 Å². The number of aromatic amines is 1. The minimum atomic E-state index is -0.105. The molecule has 0 unspecified atom stereocenters. The Hall–Kier alpha value is -2.75. The summed E-state index contributed by atoms with van der Waals surface area (Å²) < 4.78 is 5.46. The summed E-state index contributed by atoms with van der Waals surface area (Å²) >= 11 is 0. The Kier molecular flexibility index (Phi) is 4.62. The van der Waals surface area contributed by atoms with Crippen LogP contribution in [0.1, 0.15) is 11.1 Å². The number of carbonyl (C=O) groups excluding carboxylic acids is 1. The first-order chi connectivity index (χ1) is 11.2. The summed E-state index contributed by atoms with van der Waals surface area (Å²) in [6, 6.07) is 16.0. The van der Waals surface area contributed by atoms with E-state index < -0.39 is 0 Å². The fraction of sp³-hybridized carbons (Fsp3) is 0.211. The van der Waals surface area contributed by atoms with Crippen molar-refractivity contribution in [2.45, 2.75) is 13.3 Å². The molecule has 4 heteroatoms. The number of carbonyl (C=O) groups is 1. The van der Waals surface area contributed by atoms with Crippen molar-refractivity contribution in [2.24, 2.45) is 0 Å². The molecular formula is C19H20N2O2. The van der Waals surface area contributed by atoms with Gasteiger partial charge < -0.3 is 15.0 Å². The van der Waals surface area contributed by atoms with Gasteiger partial charge in [0, 0.05) is 18.3 Å². The number of hydrogen-bond acceptors (Lipinski definition) is 2. The normalized spacial score (nSPS) is 10.7. The second-order valence-electron chi connectivity index (χ2n) is 5.60. The molecule has 2 N–H and O–H groups in total. The lowest BCUT2D eigenvalue weighted by molar-refractivity contribution is -0.123. The smallest absolute Gasteiger partial charge is 0.257 e. The van der Waals surface area contributed by atoms with E-state index in [-0.39, 0.29) is 12.5 Å². The molecule has 1 aromatic heterocycles. The third-order valence-corrected chi connectivity index (χ3v) is 3.75. The molecule has 0 spiro atoms. The lowest BCUT2D eigenvalue weighted by atomic mass is 10.1. The lowest BCUT2D eigenvalue weighted by Gasteiger charge is -2.08. The van der Waals surface area contributed by atoms with Crippen LogP contribution in [0.2, 0.25) is 0 Å². The molecule has 118 valence electrons. The Morgan fingerprint density at radius 3 is 2.78 bits per heavy atom. The fourth-order valence-electron chi connectivity index (χ4n) is 2.43. The first-order valence-electron chi connectivity index (χ1n) is 7.73. The zero-order chi connectivity index (χ0) is 16.1. The third-order valence-electron chi connectivity index (χ3n) is 3.75. The van der Waals surface area contributed by atoms with Gasteiger partial charge in [-0.15, -0.1) is 0 Å². The summed E-state index contributed by atoms with van der Waals surface area (Å²) in [5.74, 6) is 0.606. The molecule has 0 aliphatic heterocycles. The van der Waals surface area contributed by atoms with Crippen molar-refractivity contribution in [3.05, 3.63) is 65.9 Å². The second kappa shape index (κ2) is 7.01. The van der Waals surface area contributed by atoms with Crippen molar-refractivity contribution in [1.29, 1.82) is 0 Å². The molecule has 0 bridgehead atoms. The van der Waals surface area contributed by atoms with Gasteiger partial charge in [0.1, 0.15) is 5.75 Å². The molecule has 0 aliphatic carbocycles. The number of aromatic nitrogens is 1. The van der Waals surface area contributed by atoms with E-state index in [0.29, 0.717) is 12.3 Å². The second-order valence-corrected chi connectivity index (χ2v) is 5.60. The van der Waals surface area contributed by atoms with Crippen LogP contribution in [0.25, 0.3) is 10.9 Å². The predicted octanol–water partition coefficient (Wildman–Crippen LogP) is 3.21. The van der Waals surface area contributed by atoms with Crippen LogP contribution in [0.15, 0.2) is 54.7 Å². The molecule has 0 aliphatic rings. The number of ether oxygens (including phenoxy) is 1. The van der Waals surface area contributed by atoms with Gasteiger partial charge in [-0.05, 0) is 48.6 Å². The van der Waals surface area contributed by atoms with Crippen molar-refractivity contribution < 1.29 is 9.53 Å². The van der Waals surface area contributed by atoms with Crippen LogP contribution >= 0.6 is 0 Å². The van der Waals surface area contributed by atoms with Crippen molar-refractivity contribution in [3.8, 4) is 5.75 Å². The summed E-state index contributed by atoms with van der Waals surface area (Å²) in [5.41, 5.74) is 3.48. The predicted molar refractivity (Wildman–Crippen MR) is 91.7 cm³/mol. The molecule has 4 nitrogen and oxygen atoms in total. The van der Waals surface area contributed by atoms with Crippen LogP contribution in [0, 0.1) is 6.92 Å². The highest BCUT2D eigenvalue weighted by Crippen LogP contribution is 2.14. The van der Waals surface area contributed by atoms with Crippen molar-refractivity contribution in [1.82, 2.24) is 10.3 Å². The number of amides is 1. The largest absolute Gasteiger partial charge is 0.484 e. The van der Waals surface area contributed by atoms with Gasteiger partial charge in [-0.25, -0.2) is 0 Å². The Labute approximate surface area is 135 Å². The zero-order valence-corrected chi connectivity index (χ0v) is 13.1. The van der Waals surface area contributed by atoms with Gasteiger partial charge in [-0.2, -0.15) is 0 Å². The third kappa shape index (κ3) is 4.13. The molecule has 0 radical (unpaired) electrons. The lowest BCUT2D eigenvalue weighted by Crippen LogP contribution is -2.30. The monoisotopic (exact) mass is 308 g/mol. The Bertz CT molecular complexity index is 790. The average Bonchev–Trinajstić information content (AvgIpc) is 3.02. The van der Waals surface area contributed by atoms with E-state index >= 15 is 0 Å². The standard InChI is InChI=1S/C19H20N2O2/c1-14-2-6-17(7-3-14)23-13-19(22)21-10-8-15-4-5-16-9-11-20-18(16)12-15/h2-7,9,11-12,20H,8,10,13H2,1H3,(H,21,22). The van der Waals surface area contributed by atoms with Gasteiger partial charge in [0.25, 0.3) is 5.91 Å². The fourth-order valence-corrected chi connectivity index (χ4v) is 2.43. The van der Waals surface area contributed by atoms with E-state index in [2.05, 4.69) is 28.5 Å². The zero-order valence-electron chi connectivity index (χ0n) is 13.1. The van der Waals surface area contributed by atoms with E-state index in [1.54, 1.807) is 0 Å². The van der Waals surface area contributed by atoms with Crippen LogP contribution in [-0.4, -0.2) is 24.0 Å². The average molecular weight is 308 g/mol. The molecule has 3 rings (SSSR count). The molecule has 23 heavy (non-hydrogen) atoms. The van der Waals surface area contributed by atoms with E-state index in [4.69, 9.17) is 4.74 Å². The molecule has 2 aromatic carbocycles. The highest BCUT2D eigenvalue weighted by molar-refractivity contribution is 5.80. The number of benzene rings is 2. The maximum absolute atomic E-state index is 11.8.